The van der Waals surface area contributed by atoms with Crippen LogP contribution in [0.1, 0.15) is 18.9 Å². The van der Waals surface area contributed by atoms with Crippen molar-refractivity contribution < 1.29 is 0 Å². The molecule has 3 nitrogen and oxygen atoms in total. The molecule has 0 amide bonds. The number of hydrogen-bond donors (Lipinski definition) is 0. The summed E-state index contributed by atoms with van der Waals surface area (Å²) in [5, 5.41) is 2.95. The zero-order valence-corrected chi connectivity index (χ0v) is 10.3. The minimum Gasteiger partial charge on any atom is -0.309 e. The van der Waals surface area contributed by atoms with Crippen molar-refractivity contribution in [3.8, 4) is 0 Å². The van der Waals surface area contributed by atoms with Crippen LogP contribution in [0.15, 0.2) is 29.4 Å². The summed E-state index contributed by atoms with van der Waals surface area (Å²) in [6.45, 7) is 3.35. The minimum atomic E-state index is 0.526. The fourth-order valence-electron chi connectivity index (χ4n) is 1.90. The van der Waals surface area contributed by atoms with Crippen molar-refractivity contribution in [3.05, 3.63) is 34.7 Å². The molecule has 1 aromatic carbocycles. The van der Waals surface area contributed by atoms with Gasteiger partial charge in [0.25, 0.3) is 0 Å². The molecule has 1 aromatic rings. The van der Waals surface area contributed by atoms with Gasteiger partial charge in [0.2, 0.25) is 0 Å². The molecule has 0 aliphatic heterocycles. The topological polar surface area (TPSA) is 32.7 Å². The van der Waals surface area contributed by atoms with Crippen molar-refractivity contribution in [2.75, 3.05) is 20.6 Å². The Morgan fingerprint density at radius 1 is 1.38 bits per heavy atom. The highest BCUT2D eigenvalue weighted by Gasteiger charge is 2.04. The summed E-state index contributed by atoms with van der Waals surface area (Å²) in [5.41, 5.74) is 1.72. The smallest absolute Gasteiger partial charge is 0.108 e. The Morgan fingerprint density at radius 2 is 2.12 bits per heavy atom. The standard InChI is InChI=1S/C13H20N2O/c1-11(10-15(2)3)7-8-12-5-4-6-13(9-12)14-16/h4-6,9,11H,7-8,10H2,1-3H3/t11-/m0/s1. The van der Waals surface area contributed by atoms with Crippen molar-refractivity contribution >= 4 is 5.69 Å². The van der Waals surface area contributed by atoms with E-state index in [9.17, 15) is 4.91 Å². The summed E-state index contributed by atoms with van der Waals surface area (Å²) >= 11 is 0. The first-order valence-corrected chi connectivity index (χ1v) is 5.69. The van der Waals surface area contributed by atoms with Crippen molar-refractivity contribution in [2.45, 2.75) is 19.8 Å². The minimum absolute atomic E-state index is 0.526. The average Bonchev–Trinajstić information content (AvgIpc) is 2.26. The molecular formula is C13H20N2O. The van der Waals surface area contributed by atoms with Crippen LogP contribution < -0.4 is 0 Å². The lowest BCUT2D eigenvalue weighted by molar-refractivity contribution is 0.328. The zero-order chi connectivity index (χ0) is 12.0. The van der Waals surface area contributed by atoms with Crippen LogP contribution in [0.5, 0.6) is 0 Å². The highest BCUT2D eigenvalue weighted by atomic mass is 16.3. The van der Waals surface area contributed by atoms with Gasteiger partial charge in [0, 0.05) is 6.54 Å². The first-order valence-electron chi connectivity index (χ1n) is 5.69. The Kier molecular flexibility index (Phi) is 5.12. The van der Waals surface area contributed by atoms with Gasteiger partial charge in [-0.1, -0.05) is 19.1 Å². The fraction of sp³-hybridized carbons (Fsp3) is 0.538. The van der Waals surface area contributed by atoms with Gasteiger partial charge in [-0.15, -0.1) is 4.91 Å². The van der Waals surface area contributed by atoms with Crippen molar-refractivity contribution in [3.63, 3.8) is 0 Å². The van der Waals surface area contributed by atoms with Gasteiger partial charge in [0.1, 0.15) is 5.69 Å². The average molecular weight is 220 g/mol. The van der Waals surface area contributed by atoms with Crippen LogP contribution in [0.3, 0.4) is 0 Å². The second kappa shape index (κ2) is 6.38. The summed E-state index contributed by atoms with van der Waals surface area (Å²) in [6, 6.07) is 7.55. The first kappa shape index (κ1) is 12.8. The lowest BCUT2D eigenvalue weighted by atomic mass is 10.0. The van der Waals surface area contributed by atoms with Crippen LogP contribution in [-0.4, -0.2) is 25.5 Å². The molecule has 1 atom stereocenters. The quantitative estimate of drug-likeness (QED) is 0.689. The van der Waals surface area contributed by atoms with E-state index in [1.807, 2.05) is 12.1 Å². The van der Waals surface area contributed by atoms with Gasteiger partial charge < -0.3 is 4.90 Å². The van der Waals surface area contributed by atoms with E-state index in [1.165, 1.54) is 5.56 Å². The van der Waals surface area contributed by atoms with Crippen LogP contribution in [0.25, 0.3) is 0 Å². The maximum absolute atomic E-state index is 10.4. The van der Waals surface area contributed by atoms with E-state index in [2.05, 4.69) is 37.2 Å². The normalized spacial score (nSPS) is 12.8. The molecule has 0 aliphatic rings. The van der Waals surface area contributed by atoms with Crippen LogP contribution >= 0.6 is 0 Å². The SMILES string of the molecule is C[C@@H](CCc1cccc(N=O)c1)CN(C)C. The van der Waals surface area contributed by atoms with Gasteiger partial charge in [0.05, 0.1) is 0 Å². The van der Waals surface area contributed by atoms with Gasteiger partial charge in [-0.2, -0.15) is 0 Å². The summed E-state index contributed by atoms with van der Waals surface area (Å²) in [5.74, 6) is 0.669. The first-order chi connectivity index (χ1) is 7.61. The molecular weight excluding hydrogens is 200 g/mol. The monoisotopic (exact) mass is 220 g/mol. The maximum Gasteiger partial charge on any atom is 0.108 e. The van der Waals surface area contributed by atoms with E-state index >= 15 is 0 Å². The van der Waals surface area contributed by atoms with Crippen molar-refractivity contribution in [1.29, 1.82) is 0 Å². The maximum atomic E-state index is 10.4. The van der Waals surface area contributed by atoms with Gasteiger partial charge in [-0.25, -0.2) is 0 Å². The van der Waals surface area contributed by atoms with Gasteiger partial charge in [-0.3, -0.25) is 0 Å². The molecule has 0 heterocycles. The predicted molar refractivity (Wildman–Crippen MR) is 67.9 cm³/mol. The molecule has 0 N–H and O–H groups in total. The second-order valence-electron chi connectivity index (χ2n) is 4.67. The van der Waals surface area contributed by atoms with E-state index in [1.54, 1.807) is 6.07 Å². The van der Waals surface area contributed by atoms with E-state index in [4.69, 9.17) is 0 Å². The zero-order valence-electron chi connectivity index (χ0n) is 10.3. The summed E-state index contributed by atoms with van der Waals surface area (Å²) in [6.07, 6.45) is 2.15. The lowest BCUT2D eigenvalue weighted by Gasteiger charge is -2.16. The number of rotatable bonds is 6. The van der Waals surface area contributed by atoms with Gasteiger partial charge >= 0.3 is 0 Å². The van der Waals surface area contributed by atoms with Crippen molar-refractivity contribution in [2.24, 2.45) is 11.1 Å². The molecule has 0 aliphatic carbocycles. The predicted octanol–water partition coefficient (Wildman–Crippen LogP) is 3.21. The summed E-state index contributed by atoms with van der Waals surface area (Å²) in [7, 11) is 4.18. The third-order valence-electron chi connectivity index (χ3n) is 2.62. The second-order valence-corrected chi connectivity index (χ2v) is 4.67. The Morgan fingerprint density at radius 3 is 2.75 bits per heavy atom. The Balaban J connectivity index is 2.44. The molecule has 0 saturated heterocycles. The fourth-order valence-corrected chi connectivity index (χ4v) is 1.90. The summed E-state index contributed by atoms with van der Waals surface area (Å²) in [4.78, 5) is 12.6. The molecule has 0 aromatic heterocycles. The highest BCUT2D eigenvalue weighted by Crippen LogP contribution is 2.16. The molecule has 1 rings (SSSR count). The van der Waals surface area contributed by atoms with E-state index in [-0.39, 0.29) is 0 Å². The number of benzene rings is 1. The van der Waals surface area contributed by atoms with Crippen LogP contribution in [0, 0.1) is 10.8 Å². The highest BCUT2D eigenvalue weighted by molar-refractivity contribution is 5.39. The number of aryl methyl sites for hydroxylation is 1. The molecule has 0 unspecified atom stereocenters. The lowest BCUT2D eigenvalue weighted by Crippen LogP contribution is -2.20. The summed E-state index contributed by atoms with van der Waals surface area (Å²) < 4.78 is 0. The van der Waals surface area contributed by atoms with Crippen molar-refractivity contribution in [1.82, 2.24) is 4.90 Å². The third kappa shape index (κ3) is 4.53. The Hall–Kier alpha value is -1.22. The Bertz CT molecular complexity index is 336. The molecule has 0 bridgehead atoms. The molecule has 0 radical (unpaired) electrons. The molecule has 88 valence electrons. The van der Waals surface area contributed by atoms with Gasteiger partial charge in [-0.05, 0) is 55.7 Å². The van der Waals surface area contributed by atoms with Gasteiger partial charge in [0.15, 0.2) is 0 Å². The van der Waals surface area contributed by atoms with E-state index in [0.717, 1.165) is 19.4 Å². The molecule has 0 saturated carbocycles. The van der Waals surface area contributed by atoms with E-state index < -0.39 is 0 Å². The molecule has 3 heteroatoms. The van der Waals surface area contributed by atoms with Crippen LogP contribution in [-0.2, 0) is 6.42 Å². The van der Waals surface area contributed by atoms with E-state index in [0.29, 0.717) is 11.6 Å². The van der Waals surface area contributed by atoms with Crippen LogP contribution in [0.2, 0.25) is 0 Å². The molecule has 0 fully saturated rings. The molecule has 16 heavy (non-hydrogen) atoms. The Labute approximate surface area is 97.4 Å². The number of nitrogens with zero attached hydrogens (tertiary/aromatic N) is 2. The van der Waals surface area contributed by atoms with Crippen LogP contribution in [0.4, 0.5) is 5.69 Å². The number of hydrogen-bond acceptors (Lipinski definition) is 3. The number of nitroso groups, excluding NO2 is 1. The molecule has 0 spiro atoms. The largest absolute Gasteiger partial charge is 0.309 e. The third-order valence-corrected chi connectivity index (χ3v) is 2.62.